The summed E-state index contributed by atoms with van der Waals surface area (Å²) in [6.07, 6.45) is 1.09. The fourth-order valence-corrected chi connectivity index (χ4v) is 4.09. The summed E-state index contributed by atoms with van der Waals surface area (Å²) >= 11 is 0. The van der Waals surface area contributed by atoms with Crippen molar-refractivity contribution in [2.75, 3.05) is 86.3 Å². The maximum absolute atomic E-state index is 5.54. The van der Waals surface area contributed by atoms with E-state index < -0.39 is 0 Å². The van der Waals surface area contributed by atoms with E-state index in [9.17, 15) is 0 Å². The van der Waals surface area contributed by atoms with Crippen LogP contribution in [0.3, 0.4) is 0 Å². The molecule has 0 unspecified atom stereocenters. The maximum Gasteiger partial charge on any atom is 0.194 e. The van der Waals surface area contributed by atoms with Crippen molar-refractivity contribution in [3.63, 3.8) is 0 Å². The third-order valence-corrected chi connectivity index (χ3v) is 5.89. The van der Waals surface area contributed by atoms with E-state index in [-0.39, 0.29) is 24.0 Å². The van der Waals surface area contributed by atoms with Crippen molar-refractivity contribution < 1.29 is 14.2 Å². The Balaban J connectivity index is 0.00000363. The molecule has 2 aliphatic heterocycles. The Morgan fingerprint density at radius 2 is 1.78 bits per heavy atom. The third kappa shape index (κ3) is 8.24. The molecule has 1 N–H and O–H groups in total. The molecule has 2 heterocycles. The number of halogens is 1. The number of piperazine rings is 1. The van der Waals surface area contributed by atoms with Crippen LogP contribution in [0.5, 0.6) is 11.5 Å². The van der Waals surface area contributed by atoms with Gasteiger partial charge in [0.25, 0.3) is 0 Å². The highest BCUT2D eigenvalue weighted by Gasteiger charge is 2.21. The van der Waals surface area contributed by atoms with E-state index in [0.29, 0.717) is 0 Å². The summed E-state index contributed by atoms with van der Waals surface area (Å²) in [6.45, 7) is 13.6. The first kappa shape index (κ1) is 26.9. The van der Waals surface area contributed by atoms with Crippen LogP contribution in [0.15, 0.2) is 23.2 Å². The van der Waals surface area contributed by atoms with Gasteiger partial charge in [-0.25, -0.2) is 0 Å². The van der Waals surface area contributed by atoms with Gasteiger partial charge in [-0.3, -0.25) is 14.8 Å². The standard InChI is InChI=1S/C23H39N5O3.HI/c1-4-24-23(25-8-5-9-26-14-16-31-17-15-26)28-12-10-27(11-13-28)19-20-18-21(29-2)6-7-22(20)30-3;/h6-7,18H,4-5,8-17,19H2,1-3H3,(H,24,25);1H. The van der Waals surface area contributed by atoms with E-state index in [0.717, 1.165) is 103 Å². The molecular weight excluding hydrogens is 521 g/mol. The van der Waals surface area contributed by atoms with Crippen molar-refractivity contribution >= 4 is 29.9 Å². The first-order chi connectivity index (χ1) is 15.2. The lowest BCUT2D eigenvalue weighted by Crippen LogP contribution is -2.52. The second kappa shape index (κ2) is 14.8. The van der Waals surface area contributed by atoms with Gasteiger partial charge in [0.05, 0.1) is 27.4 Å². The molecule has 2 saturated heterocycles. The largest absolute Gasteiger partial charge is 0.497 e. The maximum atomic E-state index is 5.54. The molecular formula is C23H40IN5O3. The molecule has 3 rings (SSSR count). The Kier molecular flexibility index (Phi) is 12.4. The van der Waals surface area contributed by atoms with Crippen LogP contribution in [0.4, 0.5) is 0 Å². The predicted octanol–water partition coefficient (Wildman–Crippen LogP) is 2.13. The minimum absolute atomic E-state index is 0. The van der Waals surface area contributed by atoms with E-state index >= 15 is 0 Å². The van der Waals surface area contributed by atoms with Gasteiger partial charge in [-0.1, -0.05) is 0 Å². The summed E-state index contributed by atoms with van der Waals surface area (Å²) < 4.78 is 16.4. The molecule has 0 aromatic heterocycles. The average Bonchev–Trinajstić information content (AvgIpc) is 2.82. The summed E-state index contributed by atoms with van der Waals surface area (Å²) in [4.78, 5) is 12.2. The second-order valence-corrected chi connectivity index (χ2v) is 7.98. The number of ether oxygens (including phenoxy) is 3. The normalized spacial score (nSPS) is 18.2. The second-order valence-electron chi connectivity index (χ2n) is 7.98. The first-order valence-corrected chi connectivity index (χ1v) is 11.5. The van der Waals surface area contributed by atoms with Gasteiger partial charge in [0.15, 0.2) is 5.96 Å². The molecule has 0 radical (unpaired) electrons. The first-order valence-electron chi connectivity index (χ1n) is 11.5. The van der Waals surface area contributed by atoms with Gasteiger partial charge in [-0.05, 0) is 31.5 Å². The van der Waals surface area contributed by atoms with Gasteiger partial charge in [0, 0.05) is 71.0 Å². The van der Waals surface area contributed by atoms with E-state index in [1.165, 1.54) is 5.56 Å². The molecule has 2 aliphatic rings. The van der Waals surface area contributed by atoms with E-state index in [1.54, 1.807) is 14.2 Å². The number of hydrogen-bond donors (Lipinski definition) is 1. The summed E-state index contributed by atoms with van der Waals surface area (Å²) in [7, 11) is 3.42. The molecule has 0 atom stereocenters. The minimum atomic E-state index is 0. The molecule has 8 nitrogen and oxygen atoms in total. The Labute approximate surface area is 210 Å². The van der Waals surface area contributed by atoms with Gasteiger partial charge in [0.1, 0.15) is 11.5 Å². The monoisotopic (exact) mass is 561 g/mol. The minimum Gasteiger partial charge on any atom is -0.497 e. The van der Waals surface area contributed by atoms with E-state index in [1.807, 2.05) is 12.1 Å². The van der Waals surface area contributed by atoms with Crippen molar-refractivity contribution in [1.82, 2.24) is 20.0 Å². The van der Waals surface area contributed by atoms with Gasteiger partial charge in [-0.2, -0.15) is 0 Å². The van der Waals surface area contributed by atoms with Crippen LogP contribution >= 0.6 is 24.0 Å². The highest BCUT2D eigenvalue weighted by molar-refractivity contribution is 14.0. The summed E-state index contributed by atoms with van der Waals surface area (Å²) in [5.41, 5.74) is 1.17. The Hall–Kier alpha value is -1.30. The highest BCUT2D eigenvalue weighted by atomic mass is 127. The number of nitrogens with zero attached hydrogens (tertiary/aromatic N) is 4. The SMILES string of the molecule is CCNC(=NCCCN1CCOCC1)N1CCN(Cc2cc(OC)ccc2OC)CC1.I. The zero-order chi connectivity index (χ0) is 21.9. The average molecular weight is 562 g/mol. The van der Waals surface area contributed by atoms with Gasteiger partial charge < -0.3 is 24.4 Å². The van der Waals surface area contributed by atoms with Gasteiger partial charge >= 0.3 is 0 Å². The summed E-state index contributed by atoms with van der Waals surface area (Å²) in [6, 6.07) is 6.00. The molecule has 0 bridgehead atoms. The number of rotatable bonds is 9. The third-order valence-electron chi connectivity index (χ3n) is 5.89. The number of methoxy groups -OCH3 is 2. The molecule has 2 fully saturated rings. The number of guanidine groups is 1. The molecule has 0 saturated carbocycles. The van der Waals surface area contributed by atoms with Crippen molar-refractivity contribution in [2.45, 2.75) is 19.9 Å². The van der Waals surface area contributed by atoms with Crippen LogP contribution < -0.4 is 14.8 Å². The molecule has 0 aliphatic carbocycles. The van der Waals surface area contributed by atoms with Crippen molar-refractivity contribution in [1.29, 1.82) is 0 Å². The number of nitrogens with one attached hydrogen (secondary N) is 1. The quantitative estimate of drug-likeness (QED) is 0.215. The fourth-order valence-electron chi connectivity index (χ4n) is 4.09. The molecule has 1 aromatic rings. The zero-order valence-electron chi connectivity index (χ0n) is 19.8. The predicted molar refractivity (Wildman–Crippen MR) is 140 cm³/mol. The molecule has 0 spiro atoms. The molecule has 1 aromatic carbocycles. The lowest BCUT2D eigenvalue weighted by molar-refractivity contribution is 0.0377. The van der Waals surface area contributed by atoms with Crippen molar-refractivity contribution in [2.24, 2.45) is 4.99 Å². The van der Waals surface area contributed by atoms with Crippen LogP contribution in [0.25, 0.3) is 0 Å². The Bertz CT molecular complexity index is 692. The lowest BCUT2D eigenvalue weighted by atomic mass is 10.1. The van der Waals surface area contributed by atoms with Crippen LogP contribution in [-0.4, -0.2) is 107 Å². The fraction of sp³-hybridized carbons (Fsp3) is 0.696. The number of aliphatic imine (C=N–C) groups is 1. The lowest BCUT2D eigenvalue weighted by Gasteiger charge is -2.36. The summed E-state index contributed by atoms with van der Waals surface area (Å²) in [5, 5.41) is 3.48. The molecule has 32 heavy (non-hydrogen) atoms. The Morgan fingerprint density at radius 1 is 1.03 bits per heavy atom. The molecule has 182 valence electrons. The van der Waals surface area contributed by atoms with Crippen LogP contribution in [0, 0.1) is 0 Å². The van der Waals surface area contributed by atoms with Crippen LogP contribution in [0.1, 0.15) is 18.9 Å². The topological polar surface area (TPSA) is 61.8 Å². The van der Waals surface area contributed by atoms with Crippen LogP contribution in [-0.2, 0) is 11.3 Å². The van der Waals surface area contributed by atoms with Crippen molar-refractivity contribution in [3.8, 4) is 11.5 Å². The van der Waals surface area contributed by atoms with Gasteiger partial charge in [-0.15, -0.1) is 24.0 Å². The van der Waals surface area contributed by atoms with Gasteiger partial charge in [0.2, 0.25) is 0 Å². The van der Waals surface area contributed by atoms with E-state index in [4.69, 9.17) is 19.2 Å². The van der Waals surface area contributed by atoms with E-state index in [2.05, 4.69) is 33.0 Å². The Morgan fingerprint density at radius 3 is 2.44 bits per heavy atom. The number of benzene rings is 1. The molecule has 0 amide bonds. The van der Waals surface area contributed by atoms with Crippen LogP contribution in [0.2, 0.25) is 0 Å². The number of morpholine rings is 1. The van der Waals surface area contributed by atoms with Crippen molar-refractivity contribution in [3.05, 3.63) is 23.8 Å². The highest BCUT2D eigenvalue weighted by Crippen LogP contribution is 2.25. The zero-order valence-corrected chi connectivity index (χ0v) is 22.2. The number of hydrogen-bond acceptors (Lipinski definition) is 6. The summed E-state index contributed by atoms with van der Waals surface area (Å²) in [5.74, 6) is 2.83. The smallest absolute Gasteiger partial charge is 0.194 e. The molecule has 9 heteroatoms.